The van der Waals surface area contributed by atoms with Crippen LogP contribution < -0.4 is 16.6 Å². The largest absolute Gasteiger partial charge is 0.394 e. The average Bonchev–Trinajstić information content (AvgIpc) is 2.29. The lowest BCUT2D eigenvalue weighted by Crippen LogP contribution is -2.43. The number of nitrogens with one attached hydrogen (secondary N) is 3. The third-order valence-electron chi connectivity index (χ3n) is 2.75. The van der Waals surface area contributed by atoms with E-state index < -0.39 is 16.8 Å². The van der Waals surface area contributed by atoms with Gasteiger partial charge in [-0.1, -0.05) is 13.8 Å². The molecule has 0 bridgehead atoms. The van der Waals surface area contributed by atoms with Crippen molar-refractivity contribution in [2.45, 2.75) is 32.2 Å². The molecular formula is C9H16N4O3. The second-order valence-corrected chi connectivity index (χ2v) is 3.63. The van der Waals surface area contributed by atoms with E-state index >= 15 is 0 Å². The zero-order valence-electron chi connectivity index (χ0n) is 9.33. The Morgan fingerprint density at radius 3 is 2.44 bits per heavy atom. The highest BCUT2D eigenvalue weighted by atomic mass is 16.3. The highest BCUT2D eigenvalue weighted by molar-refractivity contribution is 5.33. The molecule has 1 aromatic rings. The third-order valence-corrected chi connectivity index (χ3v) is 2.75. The van der Waals surface area contributed by atoms with Gasteiger partial charge in [0.1, 0.15) is 0 Å². The van der Waals surface area contributed by atoms with Gasteiger partial charge in [-0.15, -0.1) is 5.10 Å². The number of anilines is 1. The van der Waals surface area contributed by atoms with Crippen LogP contribution in [0.1, 0.15) is 26.7 Å². The van der Waals surface area contributed by atoms with E-state index in [0.717, 1.165) is 0 Å². The highest BCUT2D eigenvalue weighted by Crippen LogP contribution is 2.17. The van der Waals surface area contributed by atoms with Gasteiger partial charge in [-0.2, -0.15) is 0 Å². The number of aliphatic hydroxyl groups is 1. The Balaban J connectivity index is 3.03. The van der Waals surface area contributed by atoms with E-state index in [1.54, 1.807) is 0 Å². The lowest BCUT2D eigenvalue weighted by Gasteiger charge is -2.30. The quantitative estimate of drug-likeness (QED) is 0.539. The van der Waals surface area contributed by atoms with E-state index in [-0.39, 0.29) is 12.4 Å². The fraction of sp³-hybridized carbons (Fsp3) is 0.667. The van der Waals surface area contributed by atoms with E-state index in [9.17, 15) is 14.7 Å². The van der Waals surface area contributed by atoms with Crippen molar-refractivity contribution in [1.29, 1.82) is 0 Å². The standard InChI is InChI=1S/C9H16N4O3/c1-3-9(4-2,5-14)11-6-7(15)10-8(16)13-12-6/h14H,3-5H2,1-2H3,(H,11,12)(H2,10,13,15,16). The van der Waals surface area contributed by atoms with E-state index in [1.165, 1.54) is 0 Å². The zero-order valence-corrected chi connectivity index (χ0v) is 9.33. The molecule has 4 N–H and O–H groups in total. The fourth-order valence-electron chi connectivity index (χ4n) is 1.37. The smallest absolute Gasteiger partial charge is 0.342 e. The molecule has 90 valence electrons. The van der Waals surface area contributed by atoms with Crippen molar-refractivity contribution in [3.05, 3.63) is 20.8 Å². The van der Waals surface area contributed by atoms with E-state index in [2.05, 4.69) is 20.5 Å². The van der Waals surface area contributed by atoms with Crippen LogP contribution in [-0.2, 0) is 0 Å². The van der Waals surface area contributed by atoms with Gasteiger partial charge in [0, 0.05) is 0 Å². The Kier molecular flexibility index (Phi) is 3.83. The summed E-state index contributed by atoms with van der Waals surface area (Å²) in [6.07, 6.45) is 1.28. The predicted molar refractivity (Wildman–Crippen MR) is 59.5 cm³/mol. The van der Waals surface area contributed by atoms with Crippen molar-refractivity contribution in [2.75, 3.05) is 11.9 Å². The molecule has 0 aliphatic carbocycles. The normalized spacial score (nSPS) is 11.4. The molecule has 0 unspecified atom stereocenters. The lowest BCUT2D eigenvalue weighted by molar-refractivity contribution is 0.202. The summed E-state index contributed by atoms with van der Waals surface area (Å²) in [5.41, 5.74) is -1.83. The van der Waals surface area contributed by atoms with E-state index in [1.807, 2.05) is 13.8 Å². The van der Waals surface area contributed by atoms with Crippen molar-refractivity contribution in [2.24, 2.45) is 0 Å². The van der Waals surface area contributed by atoms with Crippen LogP contribution in [0.15, 0.2) is 9.59 Å². The summed E-state index contributed by atoms with van der Waals surface area (Å²) in [6.45, 7) is 3.68. The number of hydrogen-bond donors (Lipinski definition) is 4. The minimum absolute atomic E-state index is 0.0114. The molecule has 7 heteroatoms. The predicted octanol–water partition coefficient (Wildman–Crippen LogP) is -0.579. The fourth-order valence-corrected chi connectivity index (χ4v) is 1.37. The molecule has 0 saturated heterocycles. The number of nitrogens with zero attached hydrogens (tertiary/aromatic N) is 1. The topological polar surface area (TPSA) is 111 Å². The van der Waals surface area contributed by atoms with Crippen LogP contribution in [0.25, 0.3) is 0 Å². The Morgan fingerprint density at radius 2 is 2.00 bits per heavy atom. The minimum atomic E-state index is -0.654. The number of aromatic amines is 2. The second-order valence-electron chi connectivity index (χ2n) is 3.63. The van der Waals surface area contributed by atoms with E-state index in [4.69, 9.17) is 0 Å². The molecule has 0 atom stereocenters. The number of H-pyrrole nitrogens is 2. The summed E-state index contributed by atoms with van der Waals surface area (Å²) in [5.74, 6) is 0.0114. The van der Waals surface area contributed by atoms with Gasteiger partial charge in [0.2, 0.25) is 5.82 Å². The number of hydrogen-bond acceptors (Lipinski definition) is 5. The molecule has 1 heterocycles. The Morgan fingerprint density at radius 1 is 1.38 bits per heavy atom. The second kappa shape index (κ2) is 4.93. The third kappa shape index (κ3) is 2.48. The van der Waals surface area contributed by atoms with Gasteiger partial charge in [-0.25, -0.2) is 9.89 Å². The van der Waals surface area contributed by atoms with Crippen LogP contribution in [0.2, 0.25) is 0 Å². The molecule has 0 amide bonds. The highest BCUT2D eigenvalue weighted by Gasteiger charge is 2.26. The van der Waals surface area contributed by atoms with Crippen molar-refractivity contribution in [3.8, 4) is 0 Å². The zero-order chi connectivity index (χ0) is 12.2. The Labute approximate surface area is 91.9 Å². The maximum absolute atomic E-state index is 11.4. The van der Waals surface area contributed by atoms with Crippen molar-refractivity contribution >= 4 is 5.82 Å². The minimum Gasteiger partial charge on any atom is -0.394 e. The molecule has 0 fully saturated rings. The first-order valence-corrected chi connectivity index (χ1v) is 5.15. The summed E-state index contributed by atoms with van der Waals surface area (Å²) in [4.78, 5) is 24.2. The number of aliphatic hydroxyl groups excluding tert-OH is 1. The van der Waals surface area contributed by atoms with E-state index in [0.29, 0.717) is 12.8 Å². The molecule has 16 heavy (non-hydrogen) atoms. The van der Waals surface area contributed by atoms with Crippen LogP contribution in [0.4, 0.5) is 5.82 Å². The average molecular weight is 228 g/mol. The van der Waals surface area contributed by atoms with Crippen molar-refractivity contribution in [1.82, 2.24) is 15.2 Å². The van der Waals surface area contributed by atoms with Crippen LogP contribution in [-0.4, -0.2) is 32.4 Å². The molecule has 0 saturated carbocycles. The molecule has 1 aromatic heterocycles. The SMILES string of the molecule is CCC(CC)(CO)Nc1n[nH]c(=O)[nH]c1=O. The maximum Gasteiger partial charge on any atom is 0.342 e. The maximum atomic E-state index is 11.4. The molecule has 1 rings (SSSR count). The van der Waals surface area contributed by atoms with Gasteiger partial charge in [-0.05, 0) is 12.8 Å². The molecule has 0 aromatic carbocycles. The summed E-state index contributed by atoms with van der Waals surface area (Å²) >= 11 is 0. The van der Waals surface area contributed by atoms with Crippen LogP contribution >= 0.6 is 0 Å². The Bertz CT molecular complexity index is 438. The summed E-state index contributed by atoms with van der Waals surface area (Å²) in [7, 11) is 0. The van der Waals surface area contributed by atoms with Crippen molar-refractivity contribution < 1.29 is 5.11 Å². The molecule has 0 radical (unpaired) electrons. The number of aromatic nitrogens is 3. The molecule has 0 aliphatic heterocycles. The summed E-state index contributed by atoms with van der Waals surface area (Å²) < 4.78 is 0. The van der Waals surface area contributed by atoms with Gasteiger partial charge in [0.05, 0.1) is 12.1 Å². The summed E-state index contributed by atoms with van der Waals surface area (Å²) in [5, 5.41) is 17.9. The van der Waals surface area contributed by atoms with Gasteiger partial charge < -0.3 is 10.4 Å². The monoisotopic (exact) mass is 228 g/mol. The molecular weight excluding hydrogens is 212 g/mol. The van der Waals surface area contributed by atoms with Gasteiger partial charge in [-0.3, -0.25) is 9.78 Å². The first kappa shape index (κ1) is 12.4. The van der Waals surface area contributed by atoms with Crippen LogP contribution in [0.3, 0.4) is 0 Å². The van der Waals surface area contributed by atoms with Gasteiger partial charge >= 0.3 is 5.69 Å². The van der Waals surface area contributed by atoms with Gasteiger partial charge in [0.25, 0.3) is 5.56 Å². The number of rotatable bonds is 5. The Hall–Kier alpha value is -1.63. The molecule has 0 aliphatic rings. The first-order chi connectivity index (χ1) is 7.56. The lowest BCUT2D eigenvalue weighted by atomic mass is 9.94. The van der Waals surface area contributed by atoms with Crippen LogP contribution in [0.5, 0.6) is 0 Å². The first-order valence-electron chi connectivity index (χ1n) is 5.15. The van der Waals surface area contributed by atoms with Crippen molar-refractivity contribution in [3.63, 3.8) is 0 Å². The van der Waals surface area contributed by atoms with Gasteiger partial charge in [0.15, 0.2) is 0 Å². The molecule has 7 nitrogen and oxygen atoms in total. The summed E-state index contributed by atoms with van der Waals surface area (Å²) in [6, 6.07) is 0. The van der Waals surface area contributed by atoms with Crippen LogP contribution in [0, 0.1) is 0 Å². The molecule has 0 spiro atoms.